The molecular weight excluding hydrogens is 336 g/mol. The monoisotopic (exact) mass is 358 g/mol. The molecule has 0 spiro atoms. The molecule has 0 fully saturated rings. The van der Waals surface area contributed by atoms with Gasteiger partial charge in [-0.1, -0.05) is 30.3 Å². The van der Waals surface area contributed by atoms with Crippen molar-refractivity contribution in [3.8, 4) is 11.8 Å². The Labute approximate surface area is 149 Å². The third kappa shape index (κ3) is 4.19. The van der Waals surface area contributed by atoms with Crippen LogP contribution in [0, 0.1) is 32.1 Å². The zero-order chi connectivity index (χ0) is 18.6. The van der Waals surface area contributed by atoms with Gasteiger partial charge in [0.25, 0.3) is 0 Å². The summed E-state index contributed by atoms with van der Waals surface area (Å²) in [5.74, 6) is 0.648. The average molecular weight is 358 g/mol. The molecule has 0 aliphatic rings. The largest absolute Gasteiger partial charge is 0.496 e. The molecule has 132 valence electrons. The van der Waals surface area contributed by atoms with Crippen LogP contribution in [0.5, 0.6) is 5.75 Å². The lowest BCUT2D eigenvalue weighted by molar-refractivity contribution is 0.410. The minimum atomic E-state index is -3.83. The molecule has 0 radical (unpaired) electrons. The third-order valence-corrected chi connectivity index (χ3v) is 5.96. The SMILES string of the molecule is COc1cc(C)c(S(=O)(=O)N[C@H](C#N)Cc2ccccc2)c(C)c1C. The predicted octanol–water partition coefficient (Wildman–Crippen LogP) is 3.03. The van der Waals surface area contributed by atoms with Crippen LogP contribution in [-0.4, -0.2) is 21.6 Å². The van der Waals surface area contributed by atoms with E-state index in [1.807, 2.05) is 43.3 Å². The molecule has 0 heterocycles. The van der Waals surface area contributed by atoms with Crippen LogP contribution in [-0.2, 0) is 16.4 Å². The van der Waals surface area contributed by atoms with Crippen LogP contribution in [0.3, 0.4) is 0 Å². The van der Waals surface area contributed by atoms with Crippen LogP contribution < -0.4 is 9.46 Å². The first-order chi connectivity index (χ1) is 11.8. The number of rotatable bonds is 6. The molecule has 0 aliphatic heterocycles. The molecule has 25 heavy (non-hydrogen) atoms. The van der Waals surface area contributed by atoms with Gasteiger partial charge in [0.15, 0.2) is 0 Å². The van der Waals surface area contributed by atoms with Crippen LogP contribution in [0.25, 0.3) is 0 Å². The van der Waals surface area contributed by atoms with Gasteiger partial charge >= 0.3 is 0 Å². The summed E-state index contributed by atoms with van der Waals surface area (Å²) in [6.45, 7) is 5.29. The molecule has 0 saturated heterocycles. The van der Waals surface area contributed by atoms with Gasteiger partial charge in [-0.3, -0.25) is 0 Å². The van der Waals surface area contributed by atoms with Gasteiger partial charge in [0, 0.05) is 6.42 Å². The fraction of sp³-hybridized carbons (Fsp3) is 0.316. The Morgan fingerprint density at radius 3 is 2.36 bits per heavy atom. The number of benzene rings is 2. The van der Waals surface area contributed by atoms with Crippen molar-refractivity contribution in [2.45, 2.75) is 38.1 Å². The van der Waals surface area contributed by atoms with E-state index >= 15 is 0 Å². The van der Waals surface area contributed by atoms with E-state index in [1.165, 1.54) is 0 Å². The molecule has 0 saturated carbocycles. The minimum Gasteiger partial charge on any atom is -0.496 e. The van der Waals surface area contributed by atoms with Crippen LogP contribution in [0.2, 0.25) is 0 Å². The van der Waals surface area contributed by atoms with E-state index in [0.29, 0.717) is 23.3 Å². The first-order valence-electron chi connectivity index (χ1n) is 7.90. The highest BCUT2D eigenvalue weighted by Crippen LogP contribution is 2.30. The topological polar surface area (TPSA) is 79.2 Å². The smallest absolute Gasteiger partial charge is 0.242 e. The first kappa shape index (κ1) is 19.0. The predicted molar refractivity (Wildman–Crippen MR) is 97.1 cm³/mol. The summed E-state index contributed by atoms with van der Waals surface area (Å²) in [5, 5.41) is 9.38. The number of hydrogen-bond donors (Lipinski definition) is 1. The number of nitrogens with one attached hydrogen (secondary N) is 1. The fourth-order valence-electron chi connectivity index (χ4n) is 2.86. The number of nitrogens with zero attached hydrogens (tertiary/aromatic N) is 1. The molecular formula is C19H22N2O3S. The highest BCUT2D eigenvalue weighted by molar-refractivity contribution is 7.89. The van der Waals surface area contributed by atoms with Gasteiger partial charge in [0.2, 0.25) is 10.0 Å². The number of aryl methyl sites for hydroxylation is 1. The molecule has 2 aromatic rings. The molecule has 0 amide bonds. The second-order valence-electron chi connectivity index (χ2n) is 5.97. The third-order valence-electron chi connectivity index (χ3n) is 4.20. The zero-order valence-corrected chi connectivity index (χ0v) is 15.6. The highest BCUT2D eigenvalue weighted by atomic mass is 32.2. The van der Waals surface area contributed by atoms with Gasteiger partial charge in [-0.15, -0.1) is 0 Å². The maximum Gasteiger partial charge on any atom is 0.242 e. The fourth-order valence-corrected chi connectivity index (χ4v) is 4.52. The molecule has 0 bridgehead atoms. The molecule has 1 N–H and O–H groups in total. The number of methoxy groups -OCH3 is 1. The van der Waals surface area contributed by atoms with Gasteiger partial charge in [-0.05, 0) is 49.1 Å². The van der Waals surface area contributed by atoms with Crippen LogP contribution in [0.1, 0.15) is 22.3 Å². The maximum atomic E-state index is 12.9. The molecule has 0 aliphatic carbocycles. The quantitative estimate of drug-likeness (QED) is 0.861. The summed E-state index contributed by atoms with van der Waals surface area (Å²) in [4.78, 5) is 0.208. The van der Waals surface area contributed by atoms with E-state index in [9.17, 15) is 13.7 Å². The van der Waals surface area contributed by atoms with Crippen LogP contribution in [0.15, 0.2) is 41.3 Å². The Morgan fingerprint density at radius 2 is 1.80 bits per heavy atom. The van der Waals surface area contributed by atoms with Crippen molar-refractivity contribution in [3.05, 3.63) is 58.7 Å². The molecule has 6 heteroatoms. The Balaban J connectivity index is 2.36. The van der Waals surface area contributed by atoms with Crippen LogP contribution >= 0.6 is 0 Å². The molecule has 5 nitrogen and oxygen atoms in total. The highest BCUT2D eigenvalue weighted by Gasteiger charge is 2.25. The van der Waals surface area contributed by atoms with Crippen molar-refractivity contribution in [2.24, 2.45) is 0 Å². The van der Waals surface area contributed by atoms with E-state index in [1.54, 1.807) is 27.0 Å². The molecule has 1 atom stereocenters. The molecule has 2 rings (SSSR count). The van der Waals surface area contributed by atoms with Crippen LogP contribution in [0.4, 0.5) is 0 Å². The van der Waals surface area contributed by atoms with Crippen molar-refractivity contribution in [1.29, 1.82) is 5.26 Å². The lowest BCUT2D eigenvalue weighted by Gasteiger charge is -2.18. The Hall–Kier alpha value is -2.36. The molecule has 0 aromatic heterocycles. The Bertz CT molecular complexity index is 901. The lowest BCUT2D eigenvalue weighted by Crippen LogP contribution is -2.36. The van der Waals surface area contributed by atoms with E-state index in [2.05, 4.69) is 4.72 Å². The van der Waals surface area contributed by atoms with E-state index in [4.69, 9.17) is 4.74 Å². The summed E-state index contributed by atoms with van der Waals surface area (Å²) in [6, 6.07) is 12.2. The van der Waals surface area contributed by atoms with Crippen molar-refractivity contribution >= 4 is 10.0 Å². The number of sulfonamides is 1. The second-order valence-corrected chi connectivity index (χ2v) is 7.62. The minimum absolute atomic E-state index is 0.208. The van der Waals surface area contributed by atoms with Gasteiger partial charge in [0.1, 0.15) is 11.8 Å². The van der Waals surface area contributed by atoms with Crippen molar-refractivity contribution < 1.29 is 13.2 Å². The standard InChI is InChI=1S/C19H22N2O3S/c1-13-10-18(24-4)14(2)15(3)19(13)25(22,23)21-17(12-20)11-16-8-6-5-7-9-16/h5-10,17,21H,11H2,1-4H3/t17-/m0/s1. The number of ether oxygens (including phenoxy) is 1. The summed E-state index contributed by atoms with van der Waals surface area (Å²) in [7, 11) is -2.27. The van der Waals surface area contributed by atoms with E-state index < -0.39 is 16.1 Å². The molecule has 0 unspecified atom stereocenters. The number of nitriles is 1. The van der Waals surface area contributed by atoms with Gasteiger partial charge in [-0.2, -0.15) is 9.98 Å². The van der Waals surface area contributed by atoms with Crippen molar-refractivity contribution in [1.82, 2.24) is 4.72 Å². The normalized spacial score (nSPS) is 12.4. The zero-order valence-electron chi connectivity index (χ0n) is 14.8. The maximum absolute atomic E-state index is 12.9. The van der Waals surface area contributed by atoms with Gasteiger partial charge in [-0.25, -0.2) is 8.42 Å². The summed E-state index contributed by atoms with van der Waals surface area (Å²) < 4.78 is 33.6. The summed E-state index contributed by atoms with van der Waals surface area (Å²) in [5.41, 5.74) is 2.88. The van der Waals surface area contributed by atoms with Gasteiger partial charge in [0.05, 0.1) is 18.1 Å². The average Bonchev–Trinajstić information content (AvgIpc) is 2.58. The summed E-state index contributed by atoms with van der Waals surface area (Å²) in [6.07, 6.45) is 0.309. The van der Waals surface area contributed by atoms with Crippen molar-refractivity contribution in [3.63, 3.8) is 0 Å². The lowest BCUT2D eigenvalue weighted by atomic mass is 10.1. The van der Waals surface area contributed by atoms with E-state index in [0.717, 1.165) is 11.1 Å². The second kappa shape index (κ2) is 7.68. The first-order valence-corrected chi connectivity index (χ1v) is 9.39. The Morgan fingerprint density at radius 1 is 1.16 bits per heavy atom. The summed E-state index contributed by atoms with van der Waals surface area (Å²) >= 11 is 0. The van der Waals surface area contributed by atoms with Crippen molar-refractivity contribution in [2.75, 3.05) is 7.11 Å². The van der Waals surface area contributed by atoms with Gasteiger partial charge < -0.3 is 4.74 Å². The van der Waals surface area contributed by atoms with E-state index in [-0.39, 0.29) is 4.90 Å². The molecule has 2 aromatic carbocycles. The Kier molecular flexibility index (Phi) is 5.83. The number of hydrogen-bond acceptors (Lipinski definition) is 4.